The quantitative estimate of drug-likeness (QED) is 0.630. The number of hydrogen-bond acceptors (Lipinski definition) is 5. The van der Waals surface area contributed by atoms with E-state index in [0.29, 0.717) is 4.88 Å². The van der Waals surface area contributed by atoms with Crippen LogP contribution in [0.25, 0.3) is 0 Å². The van der Waals surface area contributed by atoms with Crippen LogP contribution in [0.15, 0.2) is 47.6 Å². The SMILES string of the molecule is Cc1cc(C)c(NC(=O)c2ccc(N3CCSc4ncccc43)s2)c(C)c1. The van der Waals surface area contributed by atoms with E-state index in [-0.39, 0.29) is 5.91 Å². The van der Waals surface area contributed by atoms with E-state index in [4.69, 9.17) is 0 Å². The molecule has 0 saturated carbocycles. The van der Waals surface area contributed by atoms with E-state index in [2.05, 4.69) is 40.3 Å². The largest absolute Gasteiger partial charge is 0.330 e. The molecule has 0 spiro atoms. The normalized spacial score (nSPS) is 13.4. The Bertz CT molecular complexity index is 989. The number of carbonyl (C=O) groups excluding carboxylic acids is 1. The number of nitrogens with zero attached hydrogens (tertiary/aromatic N) is 2. The summed E-state index contributed by atoms with van der Waals surface area (Å²) in [7, 11) is 0. The average Bonchev–Trinajstić information content (AvgIpc) is 3.14. The molecule has 0 saturated heterocycles. The molecule has 1 aliphatic rings. The van der Waals surface area contributed by atoms with Gasteiger partial charge in [-0.3, -0.25) is 4.79 Å². The van der Waals surface area contributed by atoms with Crippen LogP contribution >= 0.6 is 23.1 Å². The molecule has 1 aromatic carbocycles. The molecule has 1 N–H and O–H groups in total. The summed E-state index contributed by atoms with van der Waals surface area (Å²) in [6.45, 7) is 7.05. The third-order valence-corrected chi connectivity index (χ3v) is 6.67. The Morgan fingerprint density at radius 2 is 1.93 bits per heavy atom. The van der Waals surface area contributed by atoms with Crippen molar-refractivity contribution in [1.82, 2.24) is 4.98 Å². The smallest absolute Gasteiger partial charge is 0.265 e. The maximum atomic E-state index is 12.8. The number of pyridine rings is 1. The number of carbonyl (C=O) groups is 1. The first kappa shape index (κ1) is 18.1. The zero-order valence-electron chi connectivity index (χ0n) is 15.6. The molecule has 2 aromatic heterocycles. The van der Waals surface area contributed by atoms with E-state index < -0.39 is 0 Å². The minimum Gasteiger partial charge on any atom is -0.330 e. The van der Waals surface area contributed by atoms with Crippen LogP contribution in [-0.2, 0) is 0 Å². The van der Waals surface area contributed by atoms with Crippen LogP contribution < -0.4 is 10.2 Å². The van der Waals surface area contributed by atoms with Crippen LogP contribution in [0.2, 0.25) is 0 Å². The standard InChI is InChI=1S/C21H21N3OS2/c1-13-11-14(2)19(15(3)12-13)23-20(25)17-6-7-18(27-17)24-9-10-26-21-16(24)5-4-8-22-21/h4-8,11-12H,9-10H2,1-3H3,(H,23,25). The van der Waals surface area contributed by atoms with Gasteiger partial charge in [0, 0.05) is 24.2 Å². The van der Waals surface area contributed by atoms with Gasteiger partial charge >= 0.3 is 0 Å². The molecular weight excluding hydrogens is 374 g/mol. The fourth-order valence-electron chi connectivity index (χ4n) is 3.43. The maximum absolute atomic E-state index is 12.8. The van der Waals surface area contributed by atoms with Crippen molar-refractivity contribution >= 4 is 45.4 Å². The molecule has 1 amide bonds. The van der Waals surface area contributed by atoms with Crippen LogP contribution in [-0.4, -0.2) is 23.2 Å². The second kappa shape index (κ2) is 7.37. The van der Waals surface area contributed by atoms with Crippen molar-refractivity contribution < 1.29 is 4.79 Å². The number of thiophene rings is 1. The van der Waals surface area contributed by atoms with Crippen molar-refractivity contribution in [2.24, 2.45) is 0 Å². The zero-order valence-corrected chi connectivity index (χ0v) is 17.2. The highest BCUT2D eigenvalue weighted by atomic mass is 32.2. The van der Waals surface area contributed by atoms with Crippen molar-refractivity contribution in [2.45, 2.75) is 25.8 Å². The zero-order chi connectivity index (χ0) is 19.0. The van der Waals surface area contributed by atoms with E-state index in [1.54, 1.807) is 11.8 Å². The van der Waals surface area contributed by atoms with E-state index in [1.807, 2.05) is 38.2 Å². The molecule has 3 heterocycles. The van der Waals surface area contributed by atoms with Gasteiger partial charge in [-0.05, 0) is 56.2 Å². The Kier molecular flexibility index (Phi) is 4.93. The van der Waals surface area contributed by atoms with Gasteiger partial charge < -0.3 is 10.2 Å². The molecule has 0 fully saturated rings. The first-order valence-electron chi connectivity index (χ1n) is 8.87. The molecule has 4 rings (SSSR count). The number of fused-ring (bicyclic) bond motifs is 1. The summed E-state index contributed by atoms with van der Waals surface area (Å²) < 4.78 is 0. The van der Waals surface area contributed by atoms with Crippen LogP contribution in [0, 0.1) is 20.8 Å². The molecule has 1 aliphatic heterocycles. The van der Waals surface area contributed by atoms with Crippen LogP contribution in [0.4, 0.5) is 16.4 Å². The van der Waals surface area contributed by atoms with Crippen molar-refractivity contribution in [2.75, 3.05) is 22.5 Å². The first-order chi connectivity index (χ1) is 13.0. The van der Waals surface area contributed by atoms with Gasteiger partial charge in [0.05, 0.1) is 15.6 Å². The van der Waals surface area contributed by atoms with Gasteiger partial charge in [-0.2, -0.15) is 0 Å². The molecule has 0 bridgehead atoms. The number of amides is 1. The highest BCUT2D eigenvalue weighted by Crippen LogP contribution is 2.40. The molecule has 27 heavy (non-hydrogen) atoms. The van der Waals surface area contributed by atoms with Crippen LogP contribution in [0.1, 0.15) is 26.4 Å². The van der Waals surface area contributed by atoms with Crippen molar-refractivity contribution in [3.8, 4) is 0 Å². The average molecular weight is 396 g/mol. The van der Waals surface area contributed by atoms with E-state index in [9.17, 15) is 4.79 Å². The Balaban J connectivity index is 1.58. The number of aryl methyl sites for hydroxylation is 3. The summed E-state index contributed by atoms with van der Waals surface area (Å²) >= 11 is 3.30. The first-order valence-corrected chi connectivity index (χ1v) is 10.7. The topological polar surface area (TPSA) is 45.2 Å². The molecule has 0 unspecified atom stereocenters. The summed E-state index contributed by atoms with van der Waals surface area (Å²) in [5, 5.41) is 5.22. The predicted octanol–water partition coefficient (Wildman–Crippen LogP) is 5.56. The third kappa shape index (κ3) is 3.59. The summed E-state index contributed by atoms with van der Waals surface area (Å²) in [4.78, 5) is 20.2. The van der Waals surface area contributed by atoms with E-state index in [1.165, 1.54) is 16.9 Å². The maximum Gasteiger partial charge on any atom is 0.265 e. The van der Waals surface area contributed by atoms with Crippen molar-refractivity contribution in [1.29, 1.82) is 0 Å². The highest BCUT2D eigenvalue weighted by Gasteiger charge is 2.22. The highest BCUT2D eigenvalue weighted by molar-refractivity contribution is 7.99. The molecule has 4 nitrogen and oxygen atoms in total. The van der Waals surface area contributed by atoms with Gasteiger partial charge in [-0.25, -0.2) is 4.98 Å². The fraction of sp³-hybridized carbons (Fsp3) is 0.238. The lowest BCUT2D eigenvalue weighted by Gasteiger charge is -2.28. The number of aromatic nitrogens is 1. The second-order valence-electron chi connectivity index (χ2n) is 6.69. The Morgan fingerprint density at radius 1 is 1.15 bits per heavy atom. The molecule has 0 radical (unpaired) electrons. The molecule has 3 aromatic rings. The minimum atomic E-state index is -0.0564. The summed E-state index contributed by atoms with van der Waals surface area (Å²) in [6.07, 6.45) is 1.83. The molecule has 0 aliphatic carbocycles. The lowest BCUT2D eigenvalue weighted by atomic mass is 10.1. The van der Waals surface area contributed by atoms with Gasteiger partial charge in [-0.15, -0.1) is 23.1 Å². The summed E-state index contributed by atoms with van der Waals surface area (Å²) in [6, 6.07) is 12.2. The number of hydrogen-bond donors (Lipinski definition) is 1. The van der Waals surface area contributed by atoms with Gasteiger partial charge in [0.2, 0.25) is 0 Å². The predicted molar refractivity (Wildman–Crippen MR) is 115 cm³/mol. The van der Waals surface area contributed by atoms with Gasteiger partial charge in [0.25, 0.3) is 5.91 Å². The lowest BCUT2D eigenvalue weighted by Crippen LogP contribution is -2.23. The summed E-state index contributed by atoms with van der Waals surface area (Å²) in [5.41, 5.74) is 5.41. The second-order valence-corrected chi connectivity index (χ2v) is 8.84. The van der Waals surface area contributed by atoms with E-state index in [0.717, 1.165) is 44.8 Å². The number of nitrogens with one attached hydrogen (secondary N) is 1. The van der Waals surface area contributed by atoms with Crippen molar-refractivity contribution in [3.63, 3.8) is 0 Å². The van der Waals surface area contributed by atoms with Crippen molar-refractivity contribution in [3.05, 3.63) is 64.2 Å². The fourth-order valence-corrected chi connectivity index (χ4v) is 5.30. The number of anilines is 3. The third-order valence-electron chi connectivity index (χ3n) is 4.59. The Morgan fingerprint density at radius 3 is 2.70 bits per heavy atom. The molecule has 6 heteroatoms. The lowest BCUT2D eigenvalue weighted by molar-refractivity contribution is 0.103. The van der Waals surface area contributed by atoms with Crippen LogP contribution in [0.5, 0.6) is 0 Å². The monoisotopic (exact) mass is 395 g/mol. The summed E-state index contributed by atoms with van der Waals surface area (Å²) in [5.74, 6) is 0.935. The number of thioether (sulfide) groups is 1. The van der Waals surface area contributed by atoms with Gasteiger partial charge in [0.1, 0.15) is 5.03 Å². The molecule has 0 atom stereocenters. The van der Waals surface area contributed by atoms with Gasteiger partial charge in [-0.1, -0.05) is 17.7 Å². The number of benzene rings is 1. The molecule has 138 valence electrons. The Labute approximate surface area is 167 Å². The molecular formula is C21H21N3OS2. The van der Waals surface area contributed by atoms with Gasteiger partial charge in [0.15, 0.2) is 0 Å². The minimum absolute atomic E-state index is 0.0564. The number of rotatable bonds is 3. The van der Waals surface area contributed by atoms with Crippen LogP contribution in [0.3, 0.4) is 0 Å². The van der Waals surface area contributed by atoms with E-state index >= 15 is 0 Å². The Hall–Kier alpha value is -2.31.